The topological polar surface area (TPSA) is 49.6 Å². The van der Waals surface area contributed by atoms with Crippen LogP contribution >= 0.6 is 0 Å². The van der Waals surface area contributed by atoms with Crippen LogP contribution < -0.4 is 5.73 Å². The van der Waals surface area contributed by atoms with E-state index < -0.39 is 0 Å². The number of likely N-dealkylation sites (N-methyl/N-ethyl adjacent to an activating group) is 1. The van der Waals surface area contributed by atoms with Crippen LogP contribution in [0.5, 0.6) is 0 Å². The van der Waals surface area contributed by atoms with Crippen molar-refractivity contribution in [3.8, 4) is 0 Å². The van der Waals surface area contributed by atoms with Crippen molar-refractivity contribution >= 4 is 11.6 Å². The maximum atomic E-state index is 12.0. The predicted molar refractivity (Wildman–Crippen MR) is 68.5 cm³/mol. The lowest BCUT2D eigenvalue weighted by atomic mass is 9.98. The minimum atomic E-state index is 0.183. The molecule has 1 aliphatic heterocycles. The Morgan fingerprint density at radius 3 is 2.94 bits per heavy atom. The van der Waals surface area contributed by atoms with Crippen LogP contribution in [-0.2, 0) is 17.8 Å². The van der Waals surface area contributed by atoms with Gasteiger partial charge in [0.15, 0.2) is 0 Å². The Balaban J connectivity index is 2.11. The molecule has 1 heterocycles. The molecule has 1 aromatic rings. The third-order valence-electron chi connectivity index (χ3n) is 3.11. The zero-order valence-electron chi connectivity index (χ0n) is 10.4. The molecule has 0 saturated heterocycles. The van der Waals surface area contributed by atoms with Gasteiger partial charge in [-0.15, -0.1) is 0 Å². The molecule has 0 unspecified atom stereocenters. The highest BCUT2D eigenvalue weighted by Crippen LogP contribution is 2.23. The molecule has 17 heavy (non-hydrogen) atoms. The van der Waals surface area contributed by atoms with E-state index in [9.17, 15) is 4.79 Å². The average Bonchev–Trinajstić information content (AvgIpc) is 2.28. The van der Waals surface area contributed by atoms with Gasteiger partial charge in [0.1, 0.15) is 0 Å². The Kier molecular flexibility index (Phi) is 3.33. The number of fused-ring (bicyclic) bond motifs is 1. The quantitative estimate of drug-likeness (QED) is 0.766. The number of nitrogens with zero attached hydrogens (tertiary/aromatic N) is 2. The number of carbonyl (C=O) groups is 1. The fourth-order valence-corrected chi connectivity index (χ4v) is 2.22. The average molecular weight is 233 g/mol. The molecule has 4 nitrogen and oxygen atoms in total. The summed E-state index contributed by atoms with van der Waals surface area (Å²) in [6.07, 6.45) is 0.862. The monoisotopic (exact) mass is 233 g/mol. The second-order valence-electron chi connectivity index (χ2n) is 4.79. The van der Waals surface area contributed by atoms with Crippen molar-refractivity contribution in [1.29, 1.82) is 0 Å². The molecule has 0 atom stereocenters. The zero-order valence-corrected chi connectivity index (χ0v) is 10.4. The summed E-state index contributed by atoms with van der Waals surface area (Å²) in [5.74, 6) is 0.183. The summed E-state index contributed by atoms with van der Waals surface area (Å²) in [6, 6.07) is 5.94. The van der Waals surface area contributed by atoms with E-state index in [1.807, 2.05) is 36.0 Å². The Morgan fingerprint density at radius 2 is 2.24 bits per heavy atom. The predicted octanol–water partition coefficient (Wildman–Crippen LogP) is 0.715. The lowest BCUT2D eigenvalue weighted by Crippen LogP contribution is -2.41. The van der Waals surface area contributed by atoms with Crippen LogP contribution in [0.2, 0.25) is 0 Å². The molecule has 0 spiro atoms. The smallest absolute Gasteiger partial charge is 0.237 e. The number of hydrogen-bond acceptors (Lipinski definition) is 3. The number of benzene rings is 1. The Morgan fingerprint density at radius 1 is 1.47 bits per heavy atom. The molecule has 0 aromatic heterocycles. The first kappa shape index (κ1) is 11.9. The van der Waals surface area contributed by atoms with Crippen molar-refractivity contribution in [3.05, 3.63) is 29.3 Å². The third-order valence-corrected chi connectivity index (χ3v) is 3.11. The summed E-state index contributed by atoms with van der Waals surface area (Å²) in [5, 5.41) is 0. The zero-order chi connectivity index (χ0) is 12.4. The molecule has 4 heteroatoms. The molecule has 0 aliphatic carbocycles. The van der Waals surface area contributed by atoms with Gasteiger partial charge in [-0.3, -0.25) is 4.79 Å². The first-order valence-electron chi connectivity index (χ1n) is 5.86. The highest BCUT2D eigenvalue weighted by atomic mass is 16.2. The molecule has 2 N–H and O–H groups in total. The van der Waals surface area contributed by atoms with E-state index in [0.717, 1.165) is 18.7 Å². The number of nitrogen functional groups attached to an aromatic ring is 1. The molecule has 1 aromatic carbocycles. The highest BCUT2D eigenvalue weighted by molar-refractivity contribution is 5.78. The van der Waals surface area contributed by atoms with Crippen LogP contribution in [0, 0.1) is 0 Å². The standard InChI is InChI=1S/C13H19N3O/c1-15(2)9-13(17)16-7-6-11-10(8-16)4-3-5-12(11)14/h3-5H,6-9,14H2,1-2H3. The Hall–Kier alpha value is -1.55. The van der Waals surface area contributed by atoms with E-state index in [0.29, 0.717) is 13.1 Å². The molecule has 1 aliphatic rings. The van der Waals surface area contributed by atoms with Gasteiger partial charge in [0, 0.05) is 18.8 Å². The molecule has 0 bridgehead atoms. The summed E-state index contributed by atoms with van der Waals surface area (Å²) in [4.78, 5) is 15.8. The summed E-state index contributed by atoms with van der Waals surface area (Å²) >= 11 is 0. The van der Waals surface area contributed by atoms with Crippen LogP contribution in [-0.4, -0.2) is 42.9 Å². The number of hydrogen-bond donors (Lipinski definition) is 1. The summed E-state index contributed by atoms with van der Waals surface area (Å²) in [5.41, 5.74) is 9.17. The third kappa shape index (κ3) is 2.58. The van der Waals surface area contributed by atoms with Crippen molar-refractivity contribution < 1.29 is 4.79 Å². The van der Waals surface area contributed by atoms with Gasteiger partial charge >= 0.3 is 0 Å². The van der Waals surface area contributed by atoms with Crippen molar-refractivity contribution in [2.75, 3.05) is 32.9 Å². The first-order valence-corrected chi connectivity index (χ1v) is 5.86. The van der Waals surface area contributed by atoms with Gasteiger partial charge < -0.3 is 15.5 Å². The maximum absolute atomic E-state index is 12.0. The minimum absolute atomic E-state index is 0.183. The molecular weight excluding hydrogens is 214 g/mol. The number of rotatable bonds is 2. The lowest BCUT2D eigenvalue weighted by Gasteiger charge is -2.30. The van der Waals surface area contributed by atoms with Crippen molar-refractivity contribution in [1.82, 2.24) is 9.80 Å². The van der Waals surface area contributed by atoms with Crippen LogP contribution in [0.1, 0.15) is 11.1 Å². The first-order chi connectivity index (χ1) is 8.08. The Bertz CT molecular complexity index is 429. The second kappa shape index (κ2) is 4.75. The van der Waals surface area contributed by atoms with Gasteiger partial charge in [-0.25, -0.2) is 0 Å². The number of amides is 1. The van der Waals surface area contributed by atoms with Crippen molar-refractivity contribution in [2.45, 2.75) is 13.0 Å². The number of carbonyl (C=O) groups excluding carboxylic acids is 1. The van der Waals surface area contributed by atoms with Gasteiger partial charge in [0.05, 0.1) is 6.54 Å². The van der Waals surface area contributed by atoms with Gasteiger partial charge in [0.2, 0.25) is 5.91 Å². The van der Waals surface area contributed by atoms with Crippen molar-refractivity contribution in [3.63, 3.8) is 0 Å². The van der Waals surface area contributed by atoms with Crippen molar-refractivity contribution in [2.24, 2.45) is 0 Å². The normalized spacial score (nSPS) is 14.9. The summed E-state index contributed by atoms with van der Waals surface area (Å²) < 4.78 is 0. The van der Waals surface area contributed by atoms with Gasteiger partial charge in [-0.05, 0) is 37.7 Å². The summed E-state index contributed by atoms with van der Waals surface area (Å²) in [6.45, 7) is 1.93. The number of nitrogens with two attached hydrogens (primary N) is 1. The van der Waals surface area contributed by atoms with Crippen LogP contribution in [0.25, 0.3) is 0 Å². The molecule has 92 valence electrons. The molecule has 0 radical (unpaired) electrons. The van der Waals surface area contributed by atoms with Gasteiger partial charge in [-0.1, -0.05) is 12.1 Å². The molecule has 0 fully saturated rings. The van der Waals surface area contributed by atoms with E-state index in [2.05, 4.69) is 6.07 Å². The fraction of sp³-hybridized carbons (Fsp3) is 0.462. The second-order valence-corrected chi connectivity index (χ2v) is 4.79. The van der Waals surface area contributed by atoms with E-state index in [-0.39, 0.29) is 5.91 Å². The van der Waals surface area contributed by atoms with E-state index in [1.54, 1.807) is 0 Å². The maximum Gasteiger partial charge on any atom is 0.237 e. The number of anilines is 1. The van der Waals surface area contributed by atoms with Gasteiger partial charge in [0.25, 0.3) is 0 Å². The highest BCUT2D eigenvalue weighted by Gasteiger charge is 2.21. The largest absolute Gasteiger partial charge is 0.398 e. The van der Waals surface area contributed by atoms with Crippen LogP contribution in [0.15, 0.2) is 18.2 Å². The van der Waals surface area contributed by atoms with Gasteiger partial charge in [-0.2, -0.15) is 0 Å². The summed E-state index contributed by atoms with van der Waals surface area (Å²) in [7, 11) is 3.82. The SMILES string of the molecule is CN(C)CC(=O)N1CCc2c(N)cccc2C1. The molecule has 0 saturated carbocycles. The van der Waals surface area contributed by atoms with Crippen LogP contribution in [0.3, 0.4) is 0 Å². The fourth-order valence-electron chi connectivity index (χ4n) is 2.22. The molecule has 1 amide bonds. The minimum Gasteiger partial charge on any atom is -0.398 e. The lowest BCUT2D eigenvalue weighted by molar-refractivity contribution is -0.132. The van der Waals surface area contributed by atoms with E-state index >= 15 is 0 Å². The van der Waals surface area contributed by atoms with E-state index in [4.69, 9.17) is 5.73 Å². The Labute approximate surface area is 102 Å². The molecular formula is C13H19N3O. The molecule has 2 rings (SSSR count). The van der Waals surface area contributed by atoms with Crippen LogP contribution in [0.4, 0.5) is 5.69 Å². The van der Waals surface area contributed by atoms with E-state index in [1.165, 1.54) is 11.1 Å².